The first-order valence-corrected chi connectivity index (χ1v) is 8.39. The molecule has 1 atom stereocenters. The SMILES string of the molecule is CC(NS(=O)(=O)C1CCNCC1)c1ccc(Cl)cc1. The second-order valence-corrected chi connectivity index (χ2v) is 7.31. The zero-order valence-corrected chi connectivity index (χ0v) is 12.5. The molecular weight excluding hydrogens is 284 g/mol. The van der Waals surface area contributed by atoms with Crippen molar-refractivity contribution in [1.82, 2.24) is 10.0 Å². The lowest BCUT2D eigenvalue weighted by atomic mass is 10.1. The molecule has 0 aromatic heterocycles. The van der Waals surface area contributed by atoms with Crippen LogP contribution in [0.3, 0.4) is 0 Å². The summed E-state index contributed by atoms with van der Waals surface area (Å²) in [7, 11) is -3.26. The van der Waals surface area contributed by atoms with Crippen molar-refractivity contribution in [3.63, 3.8) is 0 Å². The van der Waals surface area contributed by atoms with E-state index in [0.717, 1.165) is 18.7 Å². The van der Waals surface area contributed by atoms with Crippen LogP contribution >= 0.6 is 11.6 Å². The van der Waals surface area contributed by atoms with E-state index in [4.69, 9.17) is 11.6 Å². The molecular formula is C13H19ClN2O2S. The number of rotatable bonds is 4. The second-order valence-electron chi connectivity index (χ2n) is 4.89. The van der Waals surface area contributed by atoms with Gasteiger partial charge < -0.3 is 5.32 Å². The van der Waals surface area contributed by atoms with Crippen molar-refractivity contribution in [3.8, 4) is 0 Å². The molecule has 1 saturated heterocycles. The molecule has 2 N–H and O–H groups in total. The number of piperidine rings is 1. The van der Waals surface area contributed by atoms with E-state index in [1.807, 2.05) is 19.1 Å². The Morgan fingerprint density at radius 3 is 2.42 bits per heavy atom. The van der Waals surface area contributed by atoms with Crippen LogP contribution in [-0.4, -0.2) is 26.8 Å². The highest BCUT2D eigenvalue weighted by atomic mass is 35.5. The molecule has 0 amide bonds. The molecule has 1 aliphatic rings. The predicted molar refractivity (Wildman–Crippen MR) is 77.8 cm³/mol. The Morgan fingerprint density at radius 2 is 1.84 bits per heavy atom. The van der Waals surface area contributed by atoms with E-state index in [1.54, 1.807) is 12.1 Å². The summed E-state index contributed by atoms with van der Waals surface area (Å²) in [5, 5.41) is 3.53. The minimum Gasteiger partial charge on any atom is -0.317 e. The second kappa shape index (κ2) is 6.22. The minimum atomic E-state index is -3.26. The molecule has 1 unspecified atom stereocenters. The Bertz CT molecular complexity index is 510. The maximum atomic E-state index is 12.3. The van der Waals surface area contributed by atoms with Crippen LogP contribution in [0.5, 0.6) is 0 Å². The fourth-order valence-electron chi connectivity index (χ4n) is 2.27. The van der Waals surface area contributed by atoms with E-state index in [-0.39, 0.29) is 11.3 Å². The van der Waals surface area contributed by atoms with Gasteiger partial charge in [0.05, 0.1) is 5.25 Å². The molecule has 4 nitrogen and oxygen atoms in total. The molecule has 0 radical (unpaired) electrons. The first kappa shape index (κ1) is 14.8. The van der Waals surface area contributed by atoms with Crippen LogP contribution in [0, 0.1) is 0 Å². The molecule has 2 rings (SSSR count). The highest BCUT2D eigenvalue weighted by molar-refractivity contribution is 7.90. The van der Waals surface area contributed by atoms with Gasteiger partial charge in [0.25, 0.3) is 0 Å². The summed E-state index contributed by atoms with van der Waals surface area (Å²) < 4.78 is 27.3. The summed E-state index contributed by atoms with van der Waals surface area (Å²) in [6.45, 7) is 3.38. The molecule has 0 spiro atoms. The van der Waals surface area contributed by atoms with Crippen LogP contribution in [0.4, 0.5) is 0 Å². The standard InChI is InChI=1S/C13H19ClN2O2S/c1-10(11-2-4-12(14)5-3-11)16-19(17,18)13-6-8-15-9-7-13/h2-5,10,13,15-16H,6-9H2,1H3. The normalized spacial score (nSPS) is 19.3. The molecule has 0 saturated carbocycles. The van der Waals surface area contributed by atoms with Gasteiger partial charge >= 0.3 is 0 Å². The van der Waals surface area contributed by atoms with Gasteiger partial charge in [-0.25, -0.2) is 13.1 Å². The number of benzene rings is 1. The third-order valence-electron chi connectivity index (χ3n) is 3.44. The van der Waals surface area contributed by atoms with Crippen molar-refractivity contribution < 1.29 is 8.42 Å². The van der Waals surface area contributed by atoms with E-state index in [9.17, 15) is 8.42 Å². The minimum absolute atomic E-state index is 0.239. The molecule has 1 aliphatic heterocycles. The Hall–Kier alpha value is -0.620. The van der Waals surface area contributed by atoms with E-state index in [1.165, 1.54) is 0 Å². The largest absolute Gasteiger partial charge is 0.317 e. The monoisotopic (exact) mass is 302 g/mol. The van der Waals surface area contributed by atoms with Gasteiger partial charge in [0.1, 0.15) is 0 Å². The summed E-state index contributed by atoms with van der Waals surface area (Å²) in [6, 6.07) is 6.99. The number of sulfonamides is 1. The molecule has 106 valence electrons. The van der Waals surface area contributed by atoms with Crippen LogP contribution in [0.1, 0.15) is 31.4 Å². The number of hydrogen-bond donors (Lipinski definition) is 2. The van der Waals surface area contributed by atoms with Gasteiger partial charge in [0.2, 0.25) is 10.0 Å². The zero-order chi connectivity index (χ0) is 13.9. The van der Waals surface area contributed by atoms with Crippen LogP contribution in [-0.2, 0) is 10.0 Å². The Morgan fingerprint density at radius 1 is 1.26 bits per heavy atom. The van der Waals surface area contributed by atoms with Crippen molar-refractivity contribution in [2.45, 2.75) is 31.1 Å². The van der Waals surface area contributed by atoms with Gasteiger partial charge in [-0.15, -0.1) is 0 Å². The summed E-state index contributed by atoms with van der Waals surface area (Å²) in [4.78, 5) is 0. The number of nitrogens with one attached hydrogen (secondary N) is 2. The van der Waals surface area contributed by atoms with Crippen LogP contribution < -0.4 is 10.0 Å². The zero-order valence-electron chi connectivity index (χ0n) is 10.9. The van der Waals surface area contributed by atoms with Crippen molar-refractivity contribution in [3.05, 3.63) is 34.9 Å². The molecule has 1 heterocycles. The topological polar surface area (TPSA) is 58.2 Å². The quantitative estimate of drug-likeness (QED) is 0.895. The Kier molecular flexibility index (Phi) is 4.84. The fourth-order valence-corrected chi connectivity index (χ4v) is 4.07. The maximum absolute atomic E-state index is 12.3. The Labute approximate surface area is 119 Å². The smallest absolute Gasteiger partial charge is 0.215 e. The summed E-state index contributed by atoms with van der Waals surface area (Å²) in [6.07, 6.45) is 1.34. The molecule has 19 heavy (non-hydrogen) atoms. The van der Waals surface area contributed by atoms with Crippen molar-refractivity contribution in [2.24, 2.45) is 0 Å². The lowest BCUT2D eigenvalue weighted by Crippen LogP contribution is -2.42. The van der Waals surface area contributed by atoms with Crippen LogP contribution in [0.2, 0.25) is 5.02 Å². The lowest BCUT2D eigenvalue weighted by molar-refractivity contribution is 0.484. The highest BCUT2D eigenvalue weighted by Gasteiger charge is 2.28. The van der Waals surface area contributed by atoms with Crippen LogP contribution in [0.25, 0.3) is 0 Å². The van der Waals surface area contributed by atoms with Gasteiger partial charge in [-0.2, -0.15) is 0 Å². The maximum Gasteiger partial charge on any atom is 0.215 e. The molecule has 1 fully saturated rings. The Balaban J connectivity index is 2.04. The average Bonchev–Trinajstić information content (AvgIpc) is 2.40. The van der Waals surface area contributed by atoms with Gasteiger partial charge in [0.15, 0.2) is 0 Å². The molecule has 1 aromatic carbocycles. The first-order chi connectivity index (χ1) is 8.99. The van der Waals surface area contributed by atoms with Crippen molar-refractivity contribution in [1.29, 1.82) is 0 Å². The molecule has 0 bridgehead atoms. The van der Waals surface area contributed by atoms with Gasteiger partial charge in [0, 0.05) is 11.1 Å². The van der Waals surface area contributed by atoms with E-state index >= 15 is 0 Å². The predicted octanol–water partition coefficient (Wildman–Crippen LogP) is 2.07. The summed E-state index contributed by atoms with van der Waals surface area (Å²) in [5.74, 6) is 0. The van der Waals surface area contributed by atoms with E-state index in [2.05, 4.69) is 10.0 Å². The number of halogens is 1. The van der Waals surface area contributed by atoms with Gasteiger partial charge in [-0.3, -0.25) is 0 Å². The third kappa shape index (κ3) is 3.92. The van der Waals surface area contributed by atoms with E-state index < -0.39 is 10.0 Å². The van der Waals surface area contributed by atoms with Crippen LogP contribution in [0.15, 0.2) is 24.3 Å². The van der Waals surface area contributed by atoms with Gasteiger partial charge in [-0.1, -0.05) is 23.7 Å². The van der Waals surface area contributed by atoms with Crippen molar-refractivity contribution in [2.75, 3.05) is 13.1 Å². The third-order valence-corrected chi connectivity index (χ3v) is 5.72. The molecule has 6 heteroatoms. The first-order valence-electron chi connectivity index (χ1n) is 6.46. The van der Waals surface area contributed by atoms with Gasteiger partial charge in [-0.05, 0) is 50.6 Å². The average molecular weight is 303 g/mol. The summed E-state index contributed by atoms with van der Waals surface area (Å²) >= 11 is 5.83. The number of hydrogen-bond acceptors (Lipinski definition) is 3. The lowest BCUT2D eigenvalue weighted by Gasteiger charge is -2.25. The molecule has 0 aliphatic carbocycles. The molecule has 1 aromatic rings. The van der Waals surface area contributed by atoms with Crippen molar-refractivity contribution >= 4 is 21.6 Å². The highest BCUT2D eigenvalue weighted by Crippen LogP contribution is 2.19. The van der Waals surface area contributed by atoms with E-state index in [0.29, 0.717) is 17.9 Å². The fraction of sp³-hybridized carbons (Fsp3) is 0.538. The summed E-state index contributed by atoms with van der Waals surface area (Å²) in [5.41, 5.74) is 0.918.